The number of hydrogen-bond donors (Lipinski definition) is 1. The van der Waals surface area contributed by atoms with Crippen molar-refractivity contribution in [1.29, 1.82) is 0 Å². The first-order chi connectivity index (χ1) is 6.63. The van der Waals surface area contributed by atoms with Gasteiger partial charge in [-0.3, -0.25) is 4.79 Å². The minimum absolute atomic E-state index is 0.0236. The van der Waals surface area contributed by atoms with Gasteiger partial charge in [-0.1, -0.05) is 17.7 Å². The van der Waals surface area contributed by atoms with Crippen molar-refractivity contribution in [3.8, 4) is 0 Å². The lowest BCUT2D eigenvalue weighted by Crippen LogP contribution is -2.23. The molecule has 1 aromatic carbocycles. The normalized spacial score (nSPS) is 9.93. The van der Waals surface area contributed by atoms with Crippen molar-refractivity contribution >= 4 is 45.0 Å². The van der Waals surface area contributed by atoms with Gasteiger partial charge in [0.25, 0.3) is 0 Å². The lowest BCUT2D eigenvalue weighted by atomic mass is 10.2. The number of carbonyl (C=O) groups is 1. The molecule has 1 amide bonds. The molecule has 0 heterocycles. The molecule has 1 rings (SSSR count). The molecule has 0 saturated carbocycles. The smallest absolute Gasteiger partial charge is 0.235 e. The Morgan fingerprint density at radius 3 is 2.79 bits per heavy atom. The molecule has 0 radical (unpaired) electrons. The van der Waals surface area contributed by atoms with Crippen LogP contribution >= 0.6 is 39.1 Å². The summed E-state index contributed by atoms with van der Waals surface area (Å²) in [4.78, 5) is 10.9. The molecule has 0 unspecified atom stereocenters. The largest absolute Gasteiger partial charge is 0.351 e. The summed E-state index contributed by atoms with van der Waals surface area (Å²) in [6, 6.07) is 5.51. The van der Waals surface area contributed by atoms with Gasteiger partial charge in [0.1, 0.15) is 5.88 Å². The van der Waals surface area contributed by atoms with Crippen LogP contribution in [-0.4, -0.2) is 11.8 Å². The van der Waals surface area contributed by atoms with E-state index in [4.69, 9.17) is 23.2 Å². The predicted octanol–water partition coefficient (Wildman–Crippen LogP) is 2.96. The molecule has 0 aliphatic heterocycles. The zero-order valence-corrected chi connectivity index (χ0v) is 10.3. The molecule has 0 aromatic heterocycles. The van der Waals surface area contributed by atoms with Gasteiger partial charge in [0.15, 0.2) is 0 Å². The maximum absolute atomic E-state index is 10.9. The van der Waals surface area contributed by atoms with Crippen molar-refractivity contribution in [3.05, 3.63) is 33.3 Å². The number of carbonyl (C=O) groups excluding carboxylic acids is 1. The molecule has 0 spiro atoms. The maximum atomic E-state index is 10.9. The summed E-state index contributed by atoms with van der Waals surface area (Å²) in [7, 11) is 0. The molecule has 0 atom stereocenters. The molecule has 2 nitrogen and oxygen atoms in total. The number of hydrogen-bond acceptors (Lipinski definition) is 1. The molecule has 5 heteroatoms. The summed E-state index contributed by atoms with van der Waals surface area (Å²) in [5.41, 5.74) is 0.941. The molecular weight excluding hydrogens is 289 g/mol. The monoisotopic (exact) mass is 295 g/mol. The van der Waals surface area contributed by atoms with Gasteiger partial charge < -0.3 is 5.32 Å². The second-order valence-electron chi connectivity index (χ2n) is 2.66. The minimum atomic E-state index is -0.189. The number of nitrogens with one attached hydrogen (secondary N) is 1. The zero-order chi connectivity index (χ0) is 10.6. The van der Waals surface area contributed by atoms with Gasteiger partial charge in [0.2, 0.25) is 5.91 Å². The molecule has 0 bridgehead atoms. The highest BCUT2D eigenvalue weighted by Crippen LogP contribution is 2.22. The van der Waals surface area contributed by atoms with Gasteiger partial charge in [-0.15, -0.1) is 11.6 Å². The van der Waals surface area contributed by atoms with Crippen molar-refractivity contribution in [2.45, 2.75) is 6.54 Å². The van der Waals surface area contributed by atoms with Gasteiger partial charge in [-0.2, -0.15) is 0 Å². The summed E-state index contributed by atoms with van der Waals surface area (Å²) in [5, 5.41) is 3.28. The lowest BCUT2D eigenvalue weighted by Gasteiger charge is -2.04. The molecule has 0 fully saturated rings. The molecule has 14 heavy (non-hydrogen) atoms. The Kier molecular flexibility index (Phi) is 4.72. The van der Waals surface area contributed by atoms with Crippen molar-refractivity contribution in [1.82, 2.24) is 5.32 Å². The first-order valence-corrected chi connectivity index (χ1v) is 5.60. The van der Waals surface area contributed by atoms with Crippen molar-refractivity contribution in [2.75, 3.05) is 5.88 Å². The Balaban J connectivity index is 2.60. The van der Waals surface area contributed by atoms with Crippen molar-refractivity contribution < 1.29 is 4.79 Å². The van der Waals surface area contributed by atoms with Crippen LogP contribution in [0.15, 0.2) is 22.7 Å². The highest BCUT2D eigenvalue weighted by atomic mass is 79.9. The lowest BCUT2D eigenvalue weighted by molar-refractivity contribution is -0.118. The van der Waals surface area contributed by atoms with Crippen molar-refractivity contribution in [3.63, 3.8) is 0 Å². The van der Waals surface area contributed by atoms with E-state index in [2.05, 4.69) is 21.2 Å². The topological polar surface area (TPSA) is 29.1 Å². The van der Waals surface area contributed by atoms with E-state index in [1.165, 1.54) is 0 Å². The Bertz CT molecular complexity index is 344. The van der Waals surface area contributed by atoms with Crippen LogP contribution in [0.3, 0.4) is 0 Å². The van der Waals surface area contributed by atoms with E-state index in [1.54, 1.807) is 6.07 Å². The van der Waals surface area contributed by atoms with Crippen LogP contribution in [0.1, 0.15) is 5.56 Å². The third kappa shape index (κ3) is 3.48. The first kappa shape index (κ1) is 11.8. The highest BCUT2D eigenvalue weighted by Gasteiger charge is 2.01. The van der Waals surface area contributed by atoms with E-state index < -0.39 is 0 Å². The minimum Gasteiger partial charge on any atom is -0.351 e. The van der Waals surface area contributed by atoms with Crippen LogP contribution in [0.4, 0.5) is 0 Å². The second kappa shape index (κ2) is 5.59. The van der Waals surface area contributed by atoms with Crippen molar-refractivity contribution in [2.24, 2.45) is 0 Å². The standard InChI is InChI=1S/C9H8BrCl2NO/c10-7-2-1-6(3-8(7)12)5-13-9(14)4-11/h1-3H,4-5H2,(H,13,14). The quantitative estimate of drug-likeness (QED) is 0.854. The van der Waals surface area contributed by atoms with Crippen LogP contribution in [0.25, 0.3) is 0 Å². The Labute approximate surface area is 101 Å². The molecule has 0 aliphatic rings. The third-order valence-corrected chi connectivity index (χ3v) is 3.07. The van der Waals surface area contributed by atoms with E-state index in [0.29, 0.717) is 11.6 Å². The van der Waals surface area contributed by atoms with E-state index in [1.807, 2.05) is 12.1 Å². The van der Waals surface area contributed by atoms with E-state index >= 15 is 0 Å². The zero-order valence-electron chi connectivity index (χ0n) is 7.19. The first-order valence-electron chi connectivity index (χ1n) is 3.90. The molecule has 0 aliphatic carbocycles. The fraction of sp³-hybridized carbons (Fsp3) is 0.222. The number of alkyl halides is 1. The van der Waals surface area contributed by atoms with Gasteiger partial charge >= 0.3 is 0 Å². The second-order valence-corrected chi connectivity index (χ2v) is 4.19. The van der Waals surface area contributed by atoms with E-state index in [0.717, 1.165) is 10.0 Å². The van der Waals surface area contributed by atoms with Crippen LogP contribution in [0.5, 0.6) is 0 Å². The maximum Gasteiger partial charge on any atom is 0.235 e. The van der Waals surface area contributed by atoms with Crippen LogP contribution < -0.4 is 5.32 Å². The van der Waals surface area contributed by atoms with Crippen LogP contribution in [0, 0.1) is 0 Å². The fourth-order valence-corrected chi connectivity index (χ4v) is 1.44. The summed E-state index contributed by atoms with van der Waals surface area (Å²) < 4.78 is 0.839. The molecular formula is C9H8BrCl2NO. The molecule has 1 N–H and O–H groups in total. The fourth-order valence-electron chi connectivity index (χ4n) is 0.897. The highest BCUT2D eigenvalue weighted by molar-refractivity contribution is 9.10. The van der Waals surface area contributed by atoms with Gasteiger partial charge in [-0.05, 0) is 33.6 Å². The molecule has 0 saturated heterocycles. The molecule has 76 valence electrons. The number of rotatable bonds is 3. The molecule has 1 aromatic rings. The van der Waals surface area contributed by atoms with Gasteiger partial charge in [-0.25, -0.2) is 0 Å². The van der Waals surface area contributed by atoms with Gasteiger partial charge in [0, 0.05) is 11.0 Å². The number of benzene rings is 1. The Morgan fingerprint density at radius 2 is 2.21 bits per heavy atom. The van der Waals surface area contributed by atoms with E-state index in [9.17, 15) is 4.79 Å². The third-order valence-electron chi connectivity index (χ3n) is 1.60. The summed E-state index contributed by atoms with van der Waals surface area (Å²) in [6.07, 6.45) is 0. The van der Waals surface area contributed by atoms with E-state index in [-0.39, 0.29) is 11.8 Å². The predicted molar refractivity (Wildman–Crippen MR) is 61.7 cm³/mol. The average molecular weight is 297 g/mol. The van der Waals surface area contributed by atoms with Crippen LogP contribution in [0.2, 0.25) is 5.02 Å². The Hall–Kier alpha value is -0.250. The number of amides is 1. The summed E-state index contributed by atoms with van der Waals surface area (Å²) in [6.45, 7) is 0.443. The Morgan fingerprint density at radius 1 is 1.50 bits per heavy atom. The SMILES string of the molecule is O=C(CCl)NCc1ccc(Br)c(Cl)c1. The average Bonchev–Trinajstić information content (AvgIpc) is 2.19. The van der Waals surface area contributed by atoms with Gasteiger partial charge in [0.05, 0.1) is 5.02 Å². The summed E-state index contributed by atoms with van der Waals surface area (Å²) >= 11 is 14.5. The van der Waals surface area contributed by atoms with Crippen LogP contribution in [-0.2, 0) is 11.3 Å². The summed E-state index contributed by atoms with van der Waals surface area (Å²) in [5.74, 6) is -0.213. The number of halogens is 3.